The second-order valence-electron chi connectivity index (χ2n) is 7.93. The molecule has 0 unspecified atom stereocenters. The summed E-state index contributed by atoms with van der Waals surface area (Å²) >= 11 is 0. The molecule has 0 bridgehead atoms. The standard InChI is InChI=1S/C21H23N5O3/c1-13-16(11-25(2)23-13)18-8-20(29-24-18)21(27)26-10-14-5-6-19(17(14)12-26)28-15-4-3-7-22-9-15/h3-4,7-9,11,14,17,19H,5-6,10,12H2,1-2H3/t14-,17+,19+/m1/s1. The number of rotatable bonds is 4. The van der Waals surface area contributed by atoms with Crippen molar-refractivity contribution in [2.45, 2.75) is 25.9 Å². The van der Waals surface area contributed by atoms with Crippen molar-refractivity contribution in [3.63, 3.8) is 0 Å². The molecule has 3 atom stereocenters. The second kappa shape index (κ2) is 7.02. The highest BCUT2D eigenvalue weighted by molar-refractivity contribution is 5.92. The van der Waals surface area contributed by atoms with E-state index in [9.17, 15) is 4.79 Å². The Morgan fingerprint density at radius 2 is 2.21 bits per heavy atom. The van der Waals surface area contributed by atoms with Crippen molar-refractivity contribution in [2.75, 3.05) is 13.1 Å². The Bertz CT molecular complexity index is 1030. The minimum atomic E-state index is -0.111. The lowest BCUT2D eigenvalue weighted by molar-refractivity contribution is 0.0721. The number of nitrogens with zero attached hydrogens (tertiary/aromatic N) is 5. The van der Waals surface area contributed by atoms with Crippen LogP contribution >= 0.6 is 0 Å². The van der Waals surface area contributed by atoms with Crippen molar-refractivity contribution in [3.05, 3.63) is 48.2 Å². The first-order valence-electron chi connectivity index (χ1n) is 9.92. The van der Waals surface area contributed by atoms with E-state index in [2.05, 4.69) is 15.2 Å². The normalized spacial score (nSPS) is 23.4. The summed E-state index contributed by atoms with van der Waals surface area (Å²) in [5.74, 6) is 1.74. The minimum absolute atomic E-state index is 0.111. The van der Waals surface area contributed by atoms with Gasteiger partial charge in [-0.05, 0) is 37.8 Å². The highest BCUT2D eigenvalue weighted by Gasteiger charge is 2.45. The molecular formula is C21H23N5O3. The maximum Gasteiger partial charge on any atom is 0.292 e. The van der Waals surface area contributed by atoms with Crippen molar-refractivity contribution < 1.29 is 14.1 Å². The van der Waals surface area contributed by atoms with E-state index in [1.54, 1.807) is 23.1 Å². The van der Waals surface area contributed by atoms with Crippen molar-refractivity contribution in [1.29, 1.82) is 0 Å². The van der Waals surface area contributed by atoms with Crippen molar-refractivity contribution in [2.24, 2.45) is 18.9 Å². The number of ether oxygens (including phenoxy) is 1. The number of amides is 1. The monoisotopic (exact) mass is 393 g/mol. The van der Waals surface area contributed by atoms with Crippen molar-refractivity contribution in [1.82, 2.24) is 24.8 Å². The molecule has 3 aromatic heterocycles. The smallest absolute Gasteiger partial charge is 0.292 e. The zero-order valence-corrected chi connectivity index (χ0v) is 16.5. The molecule has 29 heavy (non-hydrogen) atoms. The topological polar surface area (TPSA) is 86.3 Å². The number of carbonyl (C=O) groups is 1. The first kappa shape index (κ1) is 17.9. The van der Waals surface area contributed by atoms with E-state index < -0.39 is 0 Å². The molecule has 0 radical (unpaired) electrons. The molecule has 5 rings (SSSR count). The highest BCUT2D eigenvalue weighted by atomic mass is 16.5. The predicted octanol–water partition coefficient (Wildman–Crippen LogP) is 2.71. The van der Waals surface area contributed by atoms with Crippen LogP contribution in [0.2, 0.25) is 0 Å². The van der Waals surface area contributed by atoms with Gasteiger partial charge in [0.15, 0.2) is 0 Å². The Labute approximate surface area is 168 Å². The number of fused-ring (bicyclic) bond motifs is 1. The first-order chi connectivity index (χ1) is 14.1. The zero-order valence-electron chi connectivity index (χ0n) is 16.5. The van der Waals surface area contributed by atoms with E-state index >= 15 is 0 Å². The molecular weight excluding hydrogens is 370 g/mol. The average molecular weight is 393 g/mol. The first-order valence-corrected chi connectivity index (χ1v) is 9.92. The van der Waals surface area contributed by atoms with Gasteiger partial charge in [0.05, 0.1) is 11.9 Å². The third-order valence-corrected chi connectivity index (χ3v) is 6.01. The molecule has 150 valence electrons. The summed E-state index contributed by atoms with van der Waals surface area (Å²) in [5.41, 5.74) is 2.36. The van der Waals surface area contributed by atoms with Crippen molar-refractivity contribution in [3.8, 4) is 17.0 Å². The van der Waals surface area contributed by atoms with Crippen LogP contribution < -0.4 is 4.74 Å². The lowest BCUT2D eigenvalue weighted by Gasteiger charge is -2.21. The van der Waals surface area contributed by atoms with Gasteiger partial charge in [-0.15, -0.1) is 0 Å². The summed E-state index contributed by atoms with van der Waals surface area (Å²) in [6, 6.07) is 5.51. The molecule has 8 heteroatoms. The quantitative estimate of drug-likeness (QED) is 0.677. The van der Waals surface area contributed by atoms with Crippen LogP contribution in [0.1, 0.15) is 29.1 Å². The number of aromatic nitrogens is 4. The van der Waals surface area contributed by atoms with E-state index in [4.69, 9.17) is 9.26 Å². The molecule has 1 saturated heterocycles. The lowest BCUT2D eigenvalue weighted by atomic mass is 9.99. The number of aryl methyl sites for hydroxylation is 2. The lowest BCUT2D eigenvalue weighted by Crippen LogP contribution is -2.32. The van der Waals surface area contributed by atoms with Crippen LogP contribution in [-0.2, 0) is 7.05 Å². The van der Waals surface area contributed by atoms with Gasteiger partial charge in [0.25, 0.3) is 5.91 Å². The fourth-order valence-corrected chi connectivity index (χ4v) is 4.63. The summed E-state index contributed by atoms with van der Waals surface area (Å²) in [6.07, 6.45) is 7.54. The summed E-state index contributed by atoms with van der Waals surface area (Å²) in [6.45, 7) is 3.32. The summed E-state index contributed by atoms with van der Waals surface area (Å²) in [7, 11) is 1.86. The molecule has 1 aliphatic heterocycles. The van der Waals surface area contributed by atoms with Crippen LogP contribution in [0.15, 0.2) is 41.3 Å². The summed E-state index contributed by atoms with van der Waals surface area (Å²) < 4.78 is 13.3. The van der Waals surface area contributed by atoms with Gasteiger partial charge < -0.3 is 14.2 Å². The van der Waals surface area contributed by atoms with Crippen LogP contribution in [0, 0.1) is 18.8 Å². The third-order valence-electron chi connectivity index (χ3n) is 6.01. The van der Waals surface area contributed by atoms with Gasteiger partial charge in [0.1, 0.15) is 17.5 Å². The van der Waals surface area contributed by atoms with Crippen LogP contribution in [0.25, 0.3) is 11.3 Å². The number of hydrogen-bond donors (Lipinski definition) is 0. The van der Waals surface area contributed by atoms with E-state index in [1.165, 1.54) is 0 Å². The maximum absolute atomic E-state index is 13.0. The van der Waals surface area contributed by atoms with Gasteiger partial charge >= 0.3 is 0 Å². The van der Waals surface area contributed by atoms with Crippen LogP contribution in [0.3, 0.4) is 0 Å². The number of pyridine rings is 1. The van der Waals surface area contributed by atoms with Crippen LogP contribution in [0.4, 0.5) is 0 Å². The maximum atomic E-state index is 13.0. The SMILES string of the molecule is Cc1nn(C)cc1-c1cc(C(=O)N2C[C@H]3CC[C@H](Oc4cccnc4)[C@H]3C2)on1. The molecule has 0 N–H and O–H groups in total. The molecule has 0 aromatic carbocycles. The minimum Gasteiger partial charge on any atom is -0.488 e. The largest absolute Gasteiger partial charge is 0.488 e. The number of hydrogen-bond acceptors (Lipinski definition) is 6. The molecule has 1 aliphatic carbocycles. The van der Waals surface area contributed by atoms with Gasteiger partial charge in [-0.1, -0.05) is 5.16 Å². The van der Waals surface area contributed by atoms with Crippen LogP contribution in [0.5, 0.6) is 5.75 Å². The van der Waals surface area contributed by atoms with E-state index in [0.717, 1.165) is 36.4 Å². The summed E-state index contributed by atoms with van der Waals surface area (Å²) in [5, 5.41) is 8.41. The van der Waals surface area contributed by atoms with Crippen molar-refractivity contribution >= 4 is 5.91 Å². The molecule has 2 fully saturated rings. The van der Waals surface area contributed by atoms with Gasteiger partial charge in [-0.2, -0.15) is 5.10 Å². The molecule has 0 spiro atoms. The fourth-order valence-electron chi connectivity index (χ4n) is 4.63. The van der Waals surface area contributed by atoms with Gasteiger partial charge in [0, 0.05) is 50.1 Å². The molecule has 4 heterocycles. The van der Waals surface area contributed by atoms with E-state index in [-0.39, 0.29) is 17.8 Å². The van der Waals surface area contributed by atoms with Crippen LogP contribution in [-0.4, -0.2) is 49.9 Å². The number of carbonyl (C=O) groups excluding carboxylic acids is 1. The molecule has 1 amide bonds. The molecule has 3 aromatic rings. The average Bonchev–Trinajstić information content (AvgIpc) is 3.47. The van der Waals surface area contributed by atoms with E-state index in [0.29, 0.717) is 24.1 Å². The highest BCUT2D eigenvalue weighted by Crippen LogP contribution is 2.40. The zero-order chi connectivity index (χ0) is 20.0. The fraction of sp³-hybridized carbons (Fsp3) is 0.429. The van der Waals surface area contributed by atoms with Gasteiger partial charge in [-0.25, -0.2) is 0 Å². The molecule has 1 saturated carbocycles. The second-order valence-corrected chi connectivity index (χ2v) is 7.93. The Morgan fingerprint density at radius 3 is 2.97 bits per heavy atom. The van der Waals surface area contributed by atoms with Gasteiger partial charge in [-0.3, -0.25) is 14.5 Å². The Kier molecular flexibility index (Phi) is 4.34. The Balaban J connectivity index is 1.28. The predicted molar refractivity (Wildman–Crippen MR) is 104 cm³/mol. The third kappa shape index (κ3) is 3.28. The summed E-state index contributed by atoms with van der Waals surface area (Å²) in [4.78, 5) is 19.0. The van der Waals surface area contributed by atoms with E-state index in [1.807, 2.05) is 37.2 Å². The van der Waals surface area contributed by atoms with Gasteiger partial charge in [0.2, 0.25) is 5.76 Å². The Hall–Kier alpha value is -3.16. The molecule has 2 aliphatic rings. The molecule has 8 nitrogen and oxygen atoms in total. The number of likely N-dealkylation sites (tertiary alicyclic amines) is 1. The Morgan fingerprint density at radius 1 is 1.31 bits per heavy atom.